The van der Waals surface area contributed by atoms with Gasteiger partial charge in [-0.3, -0.25) is 20.2 Å². The van der Waals surface area contributed by atoms with Crippen LogP contribution in [0.2, 0.25) is 0 Å². The summed E-state index contributed by atoms with van der Waals surface area (Å²) < 4.78 is 57.1. The molecule has 19 heteroatoms. The van der Waals surface area contributed by atoms with E-state index in [4.69, 9.17) is 20.9 Å². The van der Waals surface area contributed by atoms with Crippen LogP contribution in [0.5, 0.6) is 11.5 Å². The molecule has 0 aromatic heterocycles. The number of nitrogens with two attached hydrogens (primary N) is 2. The van der Waals surface area contributed by atoms with Crippen molar-refractivity contribution in [1.82, 2.24) is 0 Å². The highest BCUT2D eigenvalue weighted by atomic mass is 19.4. The van der Waals surface area contributed by atoms with Gasteiger partial charge >= 0.3 is 6.18 Å². The van der Waals surface area contributed by atoms with E-state index < -0.39 is 21.4 Å². The molecule has 0 aliphatic heterocycles. The molecule has 0 atom stereocenters. The number of benzene rings is 6. The zero-order valence-electron chi connectivity index (χ0n) is 36.3. The highest BCUT2D eigenvalue weighted by Gasteiger charge is 2.53. The summed E-state index contributed by atoms with van der Waals surface area (Å²) >= 11 is 0. The lowest BCUT2D eigenvalue weighted by atomic mass is 9.75. The Morgan fingerprint density at radius 3 is 1.14 bits per heavy atom. The number of nitro groups is 2. The van der Waals surface area contributed by atoms with Crippen LogP contribution in [0.25, 0.3) is 0 Å². The lowest BCUT2D eigenvalue weighted by Crippen LogP contribution is -2.40. The van der Waals surface area contributed by atoms with Gasteiger partial charge < -0.3 is 30.7 Å². The van der Waals surface area contributed by atoms with Gasteiger partial charge in [0.2, 0.25) is 0 Å². The molecule has 0 saturated heterocycles. The third kappa shape index (κ3) is 11.5. The molecule has 0 aliphatic rings. The van der Waals surface area contributed by atoms with Gasteiger partial charge in [0.1, 0.15) is 30.1 Å². The number of alkyl halides is 3. The molecule has 16 nitrogen and oxygen atoms in total. The van der Waals surface area contributed by atoms with Crippen LogP contribution >= 0.6 is 0 Å². The van der Waals surface area contributed by atoms with Gasteiger partial charge in [-0.25, -0.2) is 0 Å². The number of hydrogen-bond acceptors (Lipinski definition) is 14. The largest absolute Gasteiger partial charge is 0.490 e. The first-order valence-electron chi connectivity index (χ1n) is 20.7. The molecule has 0 heterocycles. The molecule has 342 valence electrons. The number of non-ortho nitro benzene ring substituents is 2. The molecule has 0 unspecified atom stereocenters. The van der Waals surface area contributed by atoms with Crippen LogP contribution in [-0.2, 0) is 5.41 Å². The van der Waals surface area contributed by atoms with Crippen LogP contribution in [0.3, 0.4) is 0 Å². The van der Waals surface area contributed by atoms with E-state index in [1.54, 1.807) is 24.3 Å². The molecule has 0 amide bonds. The summed E-state index contributed by atoms with van der Waals surface area (Å²) in [6, 6.07) is 34.2. The van der Waals surface area contributed by atoms with Gasteiger partial charge in [0.25, 0.3) is 11.4 Å². The van der Waals surface area contributed by atoms with Crippen LogP contribution in [0.4, 0.5) is 70.0 Å². The van der Waals surface area contributed by atoms with Crippen molar-refractivity contribution in [2.45, 2.75) is 32.4 Å². The van der Waals surface area contributed by atoms with Crippen molar-refractivity contribution in [3.8, 4) is 11.5 Å². The lowest BCUT2D eigenvalue weighted by molar-refractivity contribution is -0.385. The van der Waals surface area contributed by atoms with E-state index >= 15 is 13.2 Å². The predicted octanol–water partition coefficient (Wildman–Crippen LogP) is 12.2. The van der Waals surface area contributed by atoms with E-state index in [0.717, 1.165) is 18.3 Å². The Labute approximate surface area is 378 Å². The Morgan fingerprint density at radius 1 is 0.545 bits per heavy atom. The number of nitrogens with zero attached hydrogens (tertiary/aromatic N) is 8. The first-order valence-corrected chi connectivity index (χ1v) is 20.7. The second-order valence-electron chi connectivity index (χ2n) is 15.0. The Bertz CT molecular complexity index is 2490. The van der Waals surface area contributed by atoms with Crippen molar-refractivity contribution >= 4 is 56.9 Å². The number of azo groups is 2. The van der Waals surface area contributed by atoms with E-state index in [1.807, 2.05) is 47.9 Å². The molecule has 0 aliphatic carbocycles. The summed E-state index contributed by atoms with van der Waals surface area (Å²) in [6.07, 6.45) is -4.73. The number of rotatable bonds is 20. The summed E-state index contributed by atoms with van der Waals surface area (Å²) in [7, 11) is 0. The predicted molar refractivity (Wildman–Crippen MR) is 248 cm³/mol. The number of ether oxygens (including phenoxy) is 2. The lowest BCUT2D eigenvalue weighted by Gasteiger charge is -2.34. The molecule has 6 aromatic rings. The summed E-state index contributed by atoms with van der Waals surface area (Å²) in [6.45, 7) is 7.58. The van der Waals surface area contributed by atoms with Gasteiger partial charge in [-0.05, 0) is 129 Å². The maximum Gasteiger partial charge on any atom is 0.402 e. The van der Waals surface area contributed by atoms with Crippen LogP contribution in [0.1, 0.15) is 31.9 Å². The molecule has 0 bridgehead atoms. The molecular formula is C47H47F3N10O6. The van der Waals surface area contributed by atoms with Crippen molar-refractivity contribution < 1.29 is 32.5 Å². The molecule has 4 N–H and O–H groups in total. The summed E-state index contributed by atoms with van der Waals surface area (Å²) in [5.74, 6) is 0.485. The number of anilines is 4. The quantitative estimate of drug-likeness (QED) is 0.0320. The molecule has 0 spiro atoms. The molecule has 6 rings (SSSR count). The number of nitrogen functional groups attached to an aromatic ring is 2. The summed E-state index contributed by atoms with van der Waals surface area (Å²) in [5.41, 5.74) is 13.8. The maximum absolute atomic E-state index is 15.1. The number of nitro benzene ring substituents is 2. The van der Waals surface area contributed by atoms with Gasteiger partial charge in [-0.15, -0.1) is 0 Å². The molecule has 66 heavy (non-hydrogen) atoms. The van der Waals surface area contributed by atoms with Crippen LogP contribution < -0.4 is 30.7 Å². The average molecular weight is 905 g/mol. The standard InChI is InChI=1S/C47H47F3N10O6/c1-4-57(38-16-8-34(9-17-38)53-55-36-12-20-40(21-13-36)59(61)62)26-28-65-44-24-6-32(30-42(44)51)46(3,47(48,49)50)33-7-25-45(43(52)31-33)66-29-27-58(5-2)39-18-10-35(11-19-39)54-56-37-14-22-41(23-15-37)60(63)64/h6-25,30-31H,4-5,26-29,51-52H2,1-3H3/b55-53+,56-54+. The van der Waals surface area contributed by atoms with E-state index in [9.17, 15) is 20.2 Å². The summed E-state index contributed by atoms with van der Waals surface area (Å²) in [4.78, 5) is 24.9. The van der Waals surface area contributed by atoms with Crippen LogP contribution in [0.15, 0.2) is 154 Å². The van der Waals surface area contributed by atoms with Crippen molar-refractivity contribution in [3.63, 3.8) is 0 Å². The highest BCUT2D eigenvalue weighted by Crippen LogP contribution is 2.48. The second kappa shape index (κ2) is 21.1. The number of halogens is 3. The minimum atomic E-state index is -4.73. The number of likely N-dealkylation sites (N-methyl/N-ethyl adjacent to an activating group) is 2. The first-order chi connectivity index (χ1) is 31.6. The normalized spacial score (nSPS) is 11.8. The van der Waals surface area contributed by atoms with Gasteiger partial charge in [0.15, 0.2) is 0 Å². The van der Waals surface area contributed by atoms with Gasteiger partial charge in [0.05, 0.1) is 57.1 Å². The van der Waals surface area contributed by atoms with Gasteiger partial charge in [0, 0.05) is 48.7 Å². The first kappa shape index (κ1) is 47.4. The highest BCUT2D eigenvalue weighted by molar-refractivity contribution is 5.61. The van der Waals surface area contributed by atoms with E-state index in [-0.39, 0.29) is 58.6 Å². The van der Waals surface area contributed by atoms with Crippen molar-refractivity contribution in [2.24, 2.45) is 20.5 Å². The second-order valence-corrected chi connectivity index (χ2v) is 15.0. The van der Waals surface area contributed by atoms with Crippen molar-refractivity contribution in [3.05, 3.63) is 165 Å². The fraction of sp³-hybridized carbons (Fsp3) is 0.234. The fourth-order valence-electron chi connectivity index (χ4n) is 6.92. The topological polar surface area (TPSA) is 213 Å². The minimum absolute atomic E-state index is 0.0381. The van der Waals surface area contributed by atoms with E-state index in [1.165, 1.54) is 84.9 Å². The molecule has 0 saturated carbocycles. The fourth-order valence-corrected chi connectivity index (χ4v) is 6.92. The molecule has 6 aromatic carbocycles. The van der Waals surface area contributed by atoms with Crippen molar-refractivity contribution in [2.75, 3.05) is 60.7 Å². The molecule has 0 fully saturated rings. The Morgan fingerprint density at radius 2 is 0.864 bits per heavy atom. The maximum atomic E-state index is 15.1. The SMILES string of the molecule is CCN(CCOc1ccc(C(C)(c2ccc(OCCN(CC)c3ccc(/N=N/c4ccc([N+](=O)[O-])cc4)cc3)c(N)c2)C(F)(F)F)cc1N)c1ccc(/N=N/c2ccc([N+](=O)[O-])cc2)cc1. The zero-order valence-corrected chi connectivity index (χ0v) is 36.3. The average Bonchev–Trinajstić information content (AvgIpc) is 3.31. The molecular weight excluding hydrogens is 858 g/mol. The van der Waals surface area contributed by atoms with Gasteiger partial charge in [-0.1, -0.05) is 12.1 Å². The third-order valence-corrected chi connectivity index (χ3v) is 10.9. The Kier molecular flexibility index (Phi) is 15.1. The van der Waals surface area contributed by atoms with E-state index in [2.05, 4.69) is 20.5 Å². The van der Waals surface area contributed by atoms with Crippen molar-refractivity contribution in [1.29, 1.82) is 0 Å². The van der Waals surface area contributed by atoms with Gasteiger partial charge in [-0.2, -0.15) is 33.6 Å². The van der Waals surface area contributed by atoms with E-state index in [0.29, 0.717) is 48.9 Å². The Balaban J connectivity index is 1.04. The van der Waals surface area contributed by atoms with Crippen LogP contribution in [0, 0.1) is 20.2 Å². The molecule has 0 radical (unpaired) electrons. The summed E-state index contributed by atoms with van der Waals surface area (Å²) in [5, 5.41) is 38.4. The minimum Gasteiger partial charge on any atom is -0.490 e. The third-order valence-electron chi connectivity index (χ3n) is 10.9. The Hall–Kier alpha value is -8.09. The monoisotopic (exact) mass is 904 g/mol. The smallest absolute Gasteiger partial charge is 0.402 e. The van der Waals surface area contributed by atoms with Crippen LogP contribution in [-0.4, -0.2) is 55.4 Å². The number of hydrogen-bond donors (Lipinski definition) is 2. The zero-order chi connectivity index (χ0) is 47.4.